The molecule has 6 heteroatoms. The molecule has 0 atom stereocenters. The Morgan fingerprint density at radius 3 is 2.96 bits per heavy atom. The van der Waals surface area contributed by atoms with E-state index in [0.29, 0.717) is 18.5 Å². The van der Waals surface area contributed by atoms with Crippen LogP contribution in [-0.4, -0.2) is 28.9 Å². The second kappa shape index (κ2) is 5.70. The highest BCUT2D eigenvalue weighted by molar-refractivity contribution is 7.21. The predicted octanol–water partition coefficient (Wildman–Crippen LogP) is 3.47. The monoisotopic (exact) mass is 326 g/mol. The first-order valence-corrected chi connectivity index (χ1v) is 8.50. The van der Waals surface area contributed by atoms with Crippen molar-refractivity contribution in [3.05, 3.63) is 42.2 Å². The smallest absolute Gasteiger partial charge is 0.191 e. The Bertz CT molecular complexity index is 829. The molecule has 5 nitrogen and oxygen atoms in total. The second-order valence-corrected chi connectivity index (χ2v) is 6.80. The SMILES string of the molecule is CN(C(N)=NCc1ccc(-c2nc3ccccc3s2)o1)C1CC1. The molecule has 0 aliphatic heterocycles. The molecule has 2 heterocycles. The van der Waals surface area contributed by atoms with Gasteiger partial charge in [0, 0.05) is 13.1 Å². The number of benzene rings is 1. The minimum atomic E-state index is 0.452. The van der Waals surface area contributed by atoms with Crippen LogP contribution in [-0.2, 0) is 6.54 Å². The highest BCUT2D eigenvalue weighted by Gasteiger charge is 2.27. The van der Waals surface area contributed by atoms with Gasteiger partial charge in [-0.1, -0.05) is 12.1 Å². The summed E-state index contributed by atoms with van der Waals surface area (Å²) in [5, 5.41) is 0.893. The third-order valence-corrected chi connectivity index (χ3v) is 5.07. The number of para-hydroxylation sites is 1. The molecule has 1 saturated carbocycles. The Hall–Kier alpha value is -2.34. The molecule has 1 fully saturated rings. The van der Waals surface area contributed by atoms with Crippen LogP contribution >= 0.6 is 11.3 Å². The first-order chi connectivity index (χ1) is 11.2. The highest BCUT2D eigenvalue weighted by atomic mass is 32.1. The Morgan fingerprint density at radius 2 is 2.17 bits per heavy atom. The van der Waals surface area contributed by atoms with Gasteiger partial charge >= 0.3 is 0 Å². The van der Waals surface area contributed by atoms with E-state index in [-0.39, 0.29) is 0 Å². The fourth-order valence-electron chi connectivity index (χ4n) is 2.47. The van der Waals surface area contributed by atoms with E-state index < -0.39 is 0 Å². The van der Waals surface area contributed by atoms with Gasteiger partial charge in [0.25, 0.3) is 0 Å². The van der Waals surface area contributed by atoms with Crippen molar-refractivity contribution in [2.45, 2.75) is 25.4 Å². The van der Waals surface area contributed by atoms with Crippen LogP contribution in [0.2, 0.25) is 0 Å². The average Bonchev–Trinajstić information content (AvgIpc) is 3.15. The van der Waals surface area contributed by atoms with Gasteiger partial charge in [-0.05, 0) is 37.1 Å². The summed E-state index contributed by atoms with van der Waals surface area (Å²) >= 11 is 1.63. The van der Waals surface area contributed by atoms with Gasteiger partial charge in [-0.25, -0.2) is 9.98 Å². The lowest BCUT2D eigenvalue weighted by Crippen LogP contribution is -2.35. The molecular weight excluding hydrogens is 308 g/mol. The van der Waals surface area contributed by atoms with Gasteiger partial charge in [0.2, 0.25) is 0 Å². The number of rotatable bonds is 4. The van der Waals surface area contributed by atoms with E-state index in [1.54, 1.807) is 11.3 Å². The third kappa shape index (κ3) is 2.94. The normalized spacial score (nSPS) is 15.3. The van der Waals surface area contributed by atoms with Crippen molar-refractivity contribution >= 4 is 27.5 Å². The van der Waals surface area contributed by atoms with E-state index >= 15 is 0 Å². The molecular formula is C17H18N4OS. The molecule has 0 radical (unpaired) electrons. The molecule has 0 saturated heterocycles. The van der Waals surface area contributed by atoms with Gasteiger partial charge in [0.1, 0.15) is 12.3 Å². The zero-order valence-electron chi connectivity index (χ0n) is 12.9. The lowest BCUT2D eigenvalue weighted by molar-refractivity contribution is 0.481. The maximum absolute atomic E-state index is 6.00. The third-order valence-electron chi connectivity index (χ3n) is 4.02. The number of nitrogens with zero attached hydrogens (tertiary/aromatic N) is 3. The summed E-state index contributed by atoms with van der Waals surface area (Å²) in [4.78, 5) is 11.1. The van der Waals surface area contributed by atoms with E-state index in [1.165, 1.54) is 12.8 Å². The molecule has 1 aliphatic carbocycles. The van der Waals surface area contributed by atoms with E-state index in [9.17, 15) is 0 Å². The summed E-state index contributed by atoms with van der Waals surface area (Å²) in [6.45, 7) is 0.452. The summed E-state index contributed by atoms with van der Waals surface area (Å²) < 4.78 is 7.03. The molecule has 0 spiro atoms. The Morgan fingerprint density at radius 1 is 1.35 bits per heavy atom. The second-order valence-electron chi connectivity index (χ2n) is 5.77. The first-order valence-electron chi connectivity index (χ1n) is 7.68. The molecule has 0 unspecified atom stereocenters. The molecule has 0 bridgehead atoms. The van der Waals surface area contributed by atoms with Gasteiger partial charge in [0.05, 0.1) is 10.2 Å². The van der Waals surface area contributed by atoms with E-state index in [1.807, 2.05) is 42.3 Å². The molecule has 4 rings (SSSR count). The number of aromatic nitrogens is 1. The van der Waals surface area contributed by atoms with Crippen LogP contribution in [0, 0.1) is 0 Å². The van der Waals surface area contributed by atoms with Crippen molar-refractivity contribution in [3.63, 3.8) is 0 Å². The van der Waals surface area contributed by atoms with Crippen molar-refractivity contribution in [1.82, 2.24) is 9.88 Å². The predicted molar refractivity (Wildman–Crippen MR) is 93.4 cm³/mol. The van der Waals surface area contributed by atoms with Gasteiger partial charge in [-0.3, -0.25) is 0 Å². The molecule has 23 heavy (non-hydrogen) atoms. The zero-order valence-corrected chi connectivity index (χ0v) is 13.7. The highest BCUT2D eigenvalue weighted by Crippen LogP contribution is 2.31. The molecule has 1 aromatic carbocycles. The Labute approximate surface area is 138 Å². The van der Waals surface area contributed by atoms with Crippen molar-refractivity contribution in [3.8, 4) is 10.8 Å². The van der Waals surface area contributed by atoms with Crippen molar-refractivity contribution in [1.29, 1.82) is 0 Å². The van der Waals surface area contributed by atoms with Gasteiger partial charge < -0.3 is 15.1 Å². The molecule has 1 aliphatic rings. The Kier molecular flexibility index (Phi) is 3.53. The fraction of sp³-hybridized carbons (Fsp3) is 0.294. The number of thiazole rings is 1. The zero-order chi connectivity index (χ0) is 15.8. The summed E-state index contributed by atoms with van der Waals surface area (Å²) in [6, 6.07) is 12.5. The maximum Gasteiger partial charge on any atom is 0.191 e. The van der Waals surface area contributed by atoms with E-state index in [2.05, 4.69) is 16.0 Å². The lowest BCUT2D eigenvalue weighted by Gasteiger charge is -2.16. The summed E-state index contributed by atoms with van der Waals surface area (Å²) in [7, 11) is 1.99. The van der Waals surface area contributed by atoms with Crippen LogP contribution in [0.5, 0.6) is 0 Å². The van der Waals surface area contributed by atoms with Crippen LogP contribution in [0.25, 0.3) is 21.0 Å². The molecule has 3 aromatic rings. The number of hydrogen-bond donors (Lipinski definition) is 1. The molecule has 118 valence electrons. The fourth-order valence-corrected chi connectivity index (χ4v) is 3.40. The molecule has 2 aromatic heterocycles. The standard InChI is InChI=1S/C17H18N4OS/c1-21(11-6-7-11)17(18)19-10-12-8-9-14(22-12)16-20-13-4-2-3-5-15(13)23-16/h2-5,8-9,11H,6-7,10H2,1H3,(H2,18,19). The molecule has 2 N–H and O–H groups in total. The van der Waals surface area contributed by atoms with Gasteiger partial charge in [0.15, 0.2) is 16.7 Å². The van der Waals surface area contributed by atoms with Crippen molar-refractivity contribution in [2.24, 2.45) is 10.7 Å². The van der Waals surface area contributed by atoms with E-state index in [0.717, 1.165) is 26.7 Å². The number of furan rings is 1. The molecule has 0 amide bonds. The van der Waals surface area contributed by atoms with Crippen LogP contribution in [0.4, 0.5) is 0 Å². The van der Waals surface area contributed by atoms with Crippen molar-refractivity contribution < 1.29 is 4.42 Å². The maximum atomic E-state index is 6.00. The van der Waals surface area contributed by atoms with Crippen LogP contribution < -0.4 is 5.73 Å². The number of nitrogens with two attached hydrogens (primary N) is 1. The average molecular weight is 326 g/mol. The first kappa shape index (κ1) is 14.3. The van der Waals surface area contributed by atoms with Crippen LogP contribution in [0.3, 0.4) is 0 Å². The van der Waals surface area contributed by atoms with E-state index in [4.69, 9.17) is 10.2 Å². The summed E-state index contributed by atoms with van der Waals surface area (Å²) in [5.41, 5.74) is 7.00. The topological polar surface area (TPSA) is 67.7 Å². The largest absolute Gasteiger partial charge is 0.457 e. The summed E-state index contributed by atoms with van der Waals surface area (Å²) in [5.74, 6) is 2.15. The number of aliphatic imine (C=N–C) groups is 1. The number of hydrogen-bond acceptors (Lipinski definition) is 4. The summed E-state index contributed by atoms with van der Waals surface area (Å²) in [6.07, 6.45) is 2.41. The van der Waals surface area contributed by atoms with Crippen LogP contribution in [0.15, 0.2) is 45.8 Å². The number of guanidine groups is 1. The minimum absolute atomic E-state index is 0.452. The minimum Gasteiger partial charge on any atom is -0.457 e. The van der Waals surface area contributed by atoms with Crippen LogP contribution in [0.1, 0.15) is 18.6 Å². The lowest BCUT2D eigenvalue weighted by atomic mass is 10.3. The Balaban J connectivity index is 1.51. The van der Waals surface area contributed by atoms with Gasteiger partial charge in [-0.2, -0.15) is 0 Å². The van der Waals surface area contributed by atoms with Crippen molar-refractivity contribution in [2.75, 3.05) is 7.05 Å². The number of fused-ring (bicyclic) bond motifs is 1. The quantitative estimate of drug-likeness (QED) is 0.589. The van der Waals surface area contributed by atoms with Gasteiger partial charge in [-0.15, -0.1) is 11.3 Å².